The van der Waals surface area contributed by atoms with Gasteiger partial charge in [-0.15, -0.1) is 0 Å². The average Bonchev–Trinajstić information content (AvgIpc) is 2.28. The van der Waals surface area contributed by atoms with Gasteiger partial charge in [-0.1, -0.05) is 0 Å². The minimum atomic E-state index is 0.00253. The second-order valence-electron chi connectivity index (χ2n) is 4.50. The smallest absolute Gasteiger partial charge is 0.323 e. The number of hydrogen-bond donors (Lipinski definition) is 2. The molecule has 0 unspecified atom stereocenters. The third-order valence-corrected chi connectivity index (χ3v) is 2.53. The van der Waals surface area contributed by atoms with Crippen molar-refractivity contribution >= 4 is 11.9 Å². The normalized spacial score (nSPS) is 16.8. The van der Waals surface area contributed by atoms with Gasteiger partial charge in [-0.3, -0.25) is 0 Å². The van der Waals surface area contributed by atoms with Gasteiger partial charge in [0.15, 0.2) is 0 Å². The zero-order valence-corrected chi connectivity index (χ0v) is 10.7. The molecular weight excluding hydrogens is 234 g/mol. The lowest BCUT2D eigenvalue weighted by Crippen LogP contribution is -2.29. The molecular formula is C11H19N5O2. The Bertz CT molecular complexity index is 393. The number of rotatable bonds is 4. The predicted octanol–water partition coefficient (Wildman–Crippen LogP) is 0.832. The molecule has 18 heavy (non-hydrogen) atoms. The van der Waals surface area contributed by atoms with Crippen LogP contribution in [0.4, 0.5) is 11.9 Å². The molecule has 0 atom stereocenters. The van der Waals surface area contributed by atoms with Gasteiger partial charge in [-0.2, -0.15) is 15.0 Å². The van der Waals surface area contributed by atoms with Crippen molar-refractivity contribution in [2.24, 2.45) is 0 Å². The number of nitrogens with one attached hydrogen (secondary N) is 1. The Morgan fingerprint density at radius 3 is 2.67 bits per heavy atom. The van der Waals surface area contributed by atoms with Crippen LogP contribution in [0.25, 0.3) is 0 Å². The zero-order chi connectivity index (χ0) is 13.0. The number of nitrogens with two attached hydrogens (primary N) is 1. The topological polar surface area (TPSA) is 95.2 Å². The van der Waals surface area contributed by atoms with Crippen LogP contribution in [0.3, 0.4) is 0 Å². The van der Waals surface area contributed by atoms with Gasteiger partial charge in [0.25, 0.3) is 0 Å². The fraction of sp³-hybridized carbons (Fsp3) is 0.727. The number of aromatic nitrogens is 3. The molecule has 0 bridgehead atoms. The van der Waals surface area contributed by atoms with E-state index in [-0.39, 0.29) is 18.1 Å². The summed E-state index contributed by atoms with van der Waals surface area (Å²) in [7, 11) is 0. The minimum absolute atomic E-state index is 0.00253. The number of anilines is 2. The monoisotopic (exact) mass is 253 g/mol. The van der Waals surface area contributed by atoms with Crippen molar-refractivity contribution in [1.29, 1.82) is 0 Å². The molecule has 1 saturated heterocycles. The summed E-state index contributed by atoms with van der Waals surface area (Å²) in [6.07, 6.45) is 1.88. The van der Waals surface area contributed by atoms with E-state index in [2.05, 4.69) is 20.3 Å². The maximum atomic E-state index is 5.63. The Kier molecular flexibility index (Phi) is 4.14. The van der Waals surface area contributed by atoms with Crippen LogP contribution in [-0.2, 0) is 4.74 Å². The van der Waals surface area contributed by atoms with Gasteiger partial charge in [-0.05, 0) is 26.7 Å². The molecule has 0 radical (unpaired) electrons. The molecule has 0 aromatic carbocycles. The maximum absolute atomic E-state index is 5.63. The van der Waals surface area contributed by atoms with Crippen molar-refractivity contribution in [3.63, 3.8) is 0 Å². The van der Waals surface area contributed by atoms with Crippen molar-refractivity contribution in [3.8, 4) is 6.01 Å². The highest BCUT2D eigenvalue weighted by Crippen LogP contribution is 2.15. The molecule has 1 aromatic heterocycles. The molecule has 2 heterocycles. The van der Waals surface area contributed by atoms with Gasteiger partial charge in [0.1, 0.15) is 0 Å². The Hall–Kier alpha value is -1.63. The van der Waals surface area contributed by atoms with Gasteiger partial charge in [0.2, 0.25) is 11.9 Å². The van der Waals surface area contributed by atoms with E-state index in [1.807, 2.05) is 13.8 Å². The molecule has 0 aliphatic carbocycles. The Morgan fingerprint density at radius 2 is 2.00 bits per heavy atom. The molecule has 0 saturated carbocycles. The number of nitrogens with zero attached hydrogens (tertiary/aromatic N) is 3. The van der Waals surface area contributed by atoms with Crippen molar-refractivity contribution in [1.82, 2.24) is 15.0 Å². The lowest BCUT2D eigenvalue weighted by molar-refractivity contribution is 0.0903. The van der Waals surface area contributed by atoms with Gasteiger partial charge in [0.05, 0.1) is 6.10 Å². The van der Waals surface area contributed by atoms with Crippen LogP contribution in [0.5, 0.6) is 6.01 Å². The first-order valence-corrected chi connectivity index (χ1v) is 6.16. The van der Waals surface area contributed by atoms with Gasteiger partial charge >= 0.3 is 6.01 Å². The second-order valence-corrected chi connectivity index (χ2v) is 4.50. The van der Waals surface area contributed by atoms with Crippen molar-refractivity contribution in [2.75, 3.05) is 24.3 Å². The van der Waals surface area contributed by atoms with Crippen LogP contribution in [0, 0.1) is 0 Å². The van der Waals surface area contributed by atoms with Crippen molar-refractivity contribution in [2.45, 2.75) is 38.8 Å². The SMILES string of the molecule is CC(C)Oc1nc(N)nc(NC2CCOCC2)n1. The molecule has 1 fully saturated rings. The van der Waals surface area contributed by atoms with Crippen LogP contribution < -0.4 is 15.8 Å². The molecule has 0 spiro atoms. The molecule has 1 aliphatic rings. The third kappa shape index (κ3) is 3.69. The van der Waals surface area contributed by atoms with Crippen LogP contribution in [0.2, 0.25) is 0 Å². The summed E-state index contributed by atoms with van der Waals surface area (Å²) in [6.45, 7) is 5.33. The highest BCUT2D eigenvalue weighted by atomic mass is 16.5. The van der Waals surface area contributed by atoms with E-state index >= 15 is 0 Å². The zero-order valence-electron chi connectivity index (χ0n) is 10.7. The van der Waals surface area contributed by atoms with Gasteiger partial charge < -0.3 is 20.5 Å². The summed E-state index contributed by atoms with van der Waals surface area (Å²) in [5.41, 5.74) is 5.63. The maximum Gasteiger partial charge on any atom is 0.323 e. The Labute approximate surface area is 106 Å². The fourth-order valence-corrected chi connectivity index (χ4v) is 1.72. The molecule has 7 heteroatoms. The van der Waals surface area contributed by atoms with Crippen molar-refractivity contribution in [3.05, 3.63) is 0 Å². The first kappa shape index (κ1) is 12.8. The quantitative estimate of drug-likeness (QED) is 0.820. The fourth-order valence-electron chi connectivity index (χ4n) is 1.72. The molecule has 3 N–H and O–H groups in total. The largest absolute Gasteiger partial charge is 0.461 e. The van der Waals surface area contributed by atoms with E-state index in [0.717, 1.165) is 26.1 Å². The molecule has 7 nitrogen and oxygen atoms in total. The molecule has 100 valence electrons. The predicted molar refractivity (Wildman–Crippen MR) is 67.5 cm³/mol. The van der Waals surface area contributed by atoms with Crippen LogP contribution in [-0.4, -0.2) is 40.3 Å². The van der Waals surface area contributed by atoms with E-state index in [0.29, 0.717) is 12.0 Å². The Balaban J connectivity index is 2.04. The Morgan fingerprint density at radius 1 is 1.28 bits per heavy atom. The summed E-state index contributed by atoms with van der Waals surface area (Å²) in [5.74, 6) is 0.625. The van der Waals surface area contributed by atoms with Crippen LogP contribution in [0.1, 0.15) is 26.7 Å². The lowest BCUT2D eigenvalue weighted by Gasteiger charge is -2.23. The summed E-state index contributed by atoms with van der Waals surface area (Å²) in [5, 5.41) is 3.23. The molecule has 1 aliphatic heterocycles. The molecule has 0 amide bonds. The number of hydrogen-bond acceptors (Lipinski definition) is 7. The minimum Gasteiger partial charge on any atom is -0.461 e. The highest BCUT2D eigenvalue weighted by Gasteiger charge is 2.16. The summed E-state index contributed by atoms with van der Waals surface area (Å²) >= 11 is 0. The number of nitrogen functional groups attached to an aromatic ring is 1. The highest BCUT2D eigenvalue weighted by molar-refractivity contribution is 5.33. The third-order valence-electron chi connectivity index (χ3n) is 2.53. The number of ether oxygens (including phenoxy) is 2. The van der Waals surface area contributed by atoms with E-state index < -0.39 is 0 Å². The lowest BCUT2D eigenvalue weighted by atomic mass is 10.1. The summed E-state index contributed by atoms with van der Waals surface area (Å²) < 4.78 is 10.7. The first-order chi connectivity index (χ1) is 8.63. The van der Waals surface area contributed by atoms with Crippen LogP contribution >= 0.6 is 0 Å². The summed E-state index contributed by atoms with van der Waals surface area (Å²) in [6, 6.07) is 0.569. The second kappa shape index (κ2) is 5.81. The van der Waals surface area contributed by atoms with Gasteiger partial charge in [0, 0.05) is 19.3 Å². The van der Waals surface area contributed by atoms with E-state index in [9.17, 15) is 0 Å². The first-order valence-electron chi connectivity index (χ1n) is 6.16. The van der Waals surface area contributed by atoms with Crippen LogP contribution in [0.15, 0.2) is 0 Å². The van der Waals surface area contributed by atoms with E-state index in [1.54, 1.807) is 0 Å². The van der Waals surface area contributed by atoms with E-state index in [4.69, 9.17) is 15.2 Å². The molecule has 2 rings (SSSR count). The molecule has 1 aromatic rings. The van der Waals surface area contributed by atoms with E-state index in [1.165, 1.54) is 0 Å². The summed E-state index contributed by atoms with van der Waals surface area (Å²) in [4.78, 5) is 12.2. The standard InChI is InChI=1S/C11H19N5O2/c1-7(2)18-11-15-9(12)14-10(16-11)13-8-3-5-17-6-4-8/h7-8H,3-6H2,1-2H3,(H3,12,13,14,15,16). The van der Waals surface area contributed by atoms with Crippen molar-refractivity contribution < 1.29 is 9.47 Å². The average molecular weight is 253 g/mol. The van der Waals surface area contributed by atoms with Gasteiger partial charge in [-0.25, -0.2) is 0 Å².